The molecule has 0 spiro atoms. The van der Waals surface area contributed by atoms with Gasteiger partial charge >= 0.3 is 6.03 Å². The van der Waals surface area contributed by atoms with Crippen molar-refractivity contribution >= 4 is 15.9 Å². The first-order chi connectivity index (χ1) is 10.1. The van der Waals surface area contributed by atoms with Gasteiger partial charge in [0.2, 0.25) is 9.84 Å². The van der Waals surface area contributed by atoms with Gasteiger partial charge in [-0.3, -0.25) is 0 Å². The minimum atomic E-state index is -3.87. The topological polar surface area (TPSA) is 85.2 Å². The van der Waals surface area contributed by atoms with Gasteiger partial charge in [-0.25, -0.2) is 18.2 Å². The van der Waals surface area contributed by atoms with Crippen molar-refractivity contribution in [2.75, 3.05) is 14.1 Å². The van der Waals surface area contributed by atoms with Gasteiger partial charge in [-0.1, -0.05) is 17.7 Å². The van der Waals surface area contributed by atoms with E-state index in [9.17, 15) is 13.2 Å². The fourth-order valence-corrected chi connectivity index (χ4v) is 3.88. The van der Waals surface area contributed by atoms with Crippen LogP contribution >= 0.6 is 0 Å². The van der Waals surface area contributed by atoms with Gasteiger partial charge in [-0.05, 0) is 31.9 Å². The average Bonchev–Trinajstić information content (AvgIpc) is 2.85. The van der Waals surface area contributed by atoms with E-state index in [0.29, 0.717) is 11.1 Å². The molecule has 0 atom stereocenters. The summed E-state index contributed by atoms with van der Waals surface area (Å²) in [5.41, 5.74) is 2.25. The van der Waals surface area contributed by atoms with Crippen molar-refractivity contribution in [1.82, 2.24) is 19.7 Å². The Morgan fingerprint density at radius 1 is 1.14 bits per heavy atom. The third kappa shape index (κ3) is 2.74. The molecule has 0 fully saturated rings. The predicted molar refractivity (Wildman–Crippen MR) is 80.6 cm³/mol. The zero-order chi connectivity index (χ0) is 16.7. The van der Waals surface area contributed by atoms with Gasteiger partial charge in [0.15, 0.2) is 0 Å². The molecule has 1 amide bonds. The number of hydrogen-bond donors (Lipinski definition) is 0. The molecule has 7 nitrogen and oxygen atoms in total. The van der Waals surface area contributed by atoms with Crippen molar-refractivity contribution < 1.29 is 13.2 Å². The van der Waals surface area contributed by atoms with Crippen LogP contribution in [0.15, 0.2) is 28.5 Å². The molecule has 0 aliphatic rings. The Balaban J connectivity index is 2.55. The van der Waals surface area contributed by atoms with E-state index in [-0.39, 0.29) is 10.1 Å². The lowest BCUT2D eigenvalue weighted by Gasteiger charge is -2.10. The highest BCUT2D eigenvalue weighted by molar-refractivity contribution is 7.91. The summed E-state index contributed by atoms with van der Waals surface area (Å²) in [5, 5.41) is 3.43. The molecule has 1 aromatic carbocycles. The van der Waals surface area contributed by atoms with Crippen LogP contribution in [0.4, 0.5) is 4.79 Å². The first kappa shape index (κ1) is 16.2. The molecule has 0 aliphatic heterocycles. The van der Waals surface area contributed by atoms with Crippen molar-refractivity contribution in [2.24, 2.45) is 0 Å². The van der Waals surface area contributed by atoms with Crippen LogP contribution in [0.25, 0.3) is 0 Å². The van der Waals surface area contributed by atoms with Crippen LogP contribution in [-0.2, 0) is 9.84 Å². The summed E-state index contributed by atoms with van der Waals surface area (Å²) < 4.78 is 26.4. The van der Waals surface area contributed by atoms with E-state index < -0.39 is 15.9 Å². The smallest absolute Gasteiger partial charge is 0.329 e. The van der Waals surface area contributed by atoms with Crippen molar-refractivity contribution in [3.63, 3.8) is 0 Å². The van der Waals surface area contributed by atoms with E-state index in [0.717, 1.165) is 16.6 Å². The van der Waals surface area contributed by atoms with Gasteiger partial charge in [-0.2, -0.15) is 4.68 Å². The Morgan fingerprint density at radius 2 is 1.68 bits per heavy atom. The van der Waals surface area contributed by atoms with Gasteiger partial charge in [-0.15, -0.1) is 5.10 Å². The number of aromatic nitrogens is 3. The summed E-state index contributed by atoms with van der Waals surface area (Å²) in [6, 6.07) is 3.12. The van der Waals surface area contributed by atoms with Gasteiger partial charge in [0.05, 0.1) is 4.90 Å². The molecule has 8 heteroatoms. The van der Waals surface area contributed by atoms with Crippen LogP contribution in [-0.4, -0.2) is 48.2 Å². The van der Waals surface area contributed by atoms with Gasteiger partial charge < -0.3 is 4.90 Å². The van der Waals surface area contributed by atoms with E-state index in [1.54, 1.807) is 40.1 Å². The Labute approximate surface area is 129 Å². The number of benzene rings is 1. The Hall–Kier alpha value is -2.22. The van der Waals surface area contributed by atoms with Crippen LogP contribution in [0.5, 0.6) is 0 Å². The van der Waals surface area contributed by atoms with Crippen molar-refractivity contribution in [2.45, 2.75) is 30.8 Å². The summed E-state index contributed by atoms with van der Waals surface area (Å²) in [6.45, 7) is 5.36. The van der Waals surface area contributed by atoms with E-state index in [2.05, 4.69) is 10.1 Å². The minimum absolute atomic E-state index is 0.188. The van der Waals surface area contributed by atoms with Gasteiger partial charge in [0, 0.05) is 14.1 Å². The van der Waals surface area contributed by atoms with Gasteiger partial charge in [0.25, 0.3) is 5.16 Å². The maximum atomic E-state index is 12.7. The van der Waals surface area contributed by atoms with Crippen LogP contribution in [0.1, 0.15) is 16.7 Å². The molecular formula is C14H18N4O3S. The number of carbonyl (C=O) groups excluding carboxylic acids is 1. The number of hydrogen-bond acceptors (Lipinski definition) is 5. The van der Waals surface area contributed by atoms with E-state index in [1.807, 2.05) is 6.92 Å². The van der Waals surface area contributed by atoms with E-state index in [4.69, 9.17) is 0 Å². The fraction of sp³-hybridized carbons (Fsp3) is 0.357. The number of sulfone groups is 1. The molecule has 0 radical (unpaired) electrons. The molecule has 0 bridgehead atoms. The Morgan fingerprint density at radius 3 is 2.18 bits per heavy atom. The molecule has 0 N–H and O–H groups in total. The van der Waals surface area contributed by atoms with Gasteiger partial charge in [0.1, 0.15) is 6.33 Å². The number of rotatable bonds is 2. The van der Waals surface area contributed by atoms with Crippen LogP contribution in [0.3, 0.4) is 0 Å². The maximum absolute atomic E-state index is 12.7. The Kier molecular flexibility index (Phi) is 4.06. The molecule has 1 heterocycles. The first-order valence-electron chi connectivity index (χ1n) is 6.61. The number of carbonyl (C=O) groups is 1. The molecule has 0 saturated carbocycles. The third-order valence-electron chi connectivity index (χ3n) is 3.16. The number of aryl methyl sites for hydroxylation is 3. The molecule has 118 valence electrons. The summed E-state index contributed by atoms with van der Waals surface area (Å²) in [6.07, 6.45) is 1.11. The summed E-state index contributed by atoms with van der Waals surface area (Å²) >= 11 is 0. The van der Waals surface area contributed by atoms with E-state index >= 15 is 0 Å². The highest BCUT2D eigenvalue weighted by Gasteiger charge is 2.27. The van der Waals surface area contributed by atoms with Crippen LogP contribution in [0.2, 0.25) is 0 Å². The monoisotopic (exact) mass is 322 g/mol. The second-order valence-electron chi connectivity index (χ2n) is 5.38. The summed E-state index contributed by atoms with van der Waals surface area (Å²) in [7, 11) is -0.773. The molecular weight excluding hydrogens is 304 g/mol. The molecule has 22 heavy (non-hydrogen) atoms. The largest absolute Gasteiger partial charge is 0.345 e. The quantitative estimate of drug-likeness (QED) is 0.837. The first-order valence-corrected chi connectivity index (χ1v) is 8.09. The second kappa shape index (κ2) is 5.53. The third-order valence-corrected chi connectivity index (χ3v) is 5.01. The lowest BCUT2D eigenvalue weighted by molar-refractivity contribution is 0.215. The summed E-state index contributed by atoms with van der Waals surface area (Å²) in [5.74, 6) is 0. The van der Waals surface area contributed by atoms with Crippen molar-refractivity contribution in [1.29, 1.82) is 0 Å². The second-order valence-corrected chi connectivity index (χ2v) is 7.16. The highest BCUT2D eigenvalue weighted by atomic mass is 32.2. The lowest BCUT2D eigenvalue weighted by Crippen LogP contribution is -2.27. The van der Waals surface area contributed by atoms with Crippen molar-refractivity contribution in [3.05, 3.63) is 35.2 Å². The fourth-order valence-electron chi connectivity index (χ4n) is 2.35. The molecule has 1 aromatic heterocycles. The average molecular weight is 322 g/mol. The minimum Gasteiger partial charge on any atom is -0.329 e. The summed E-state index contributed by atoms with van der Waals surface area (Å²) in [4.78, 5) is 17.1. The number of nitrogens with zero attached hydrogens (tertiary/aromatic N) is 4. The zero-order valence-electron chi connectivity index (χ0n) is 13.2. The van der Waals surface area contributed by atoms with Crippen molar-refractivity contribution in [3.8, 4) is 0 Å². The van der Waals surface area contributed by atoms with Crippen LogP contribution < -0.4 is 0 Å². The molecule has 0 unspecified atom stereocenters. The molecule has 0 saturated heterocycles. The molecule has 2 aromatic rings. The Bertz CT molecular complexity index is 815. The molecule has 2 rings (SSSR count). The number of amides is 1. The molecule has 0 aliphatic carbocycles. The predicted octanol–water partition coefficient (Wildman–Crippen LogP) is 1.57. The highest BCUT2D eigenvalue weighted by Crippen LogP contribution is 2.26. The normalized spacial score (nSPS) is 11.5. The maximum Gasteiger partial charge on any atom is 0.345 e. The SMILES string of the molecule is Cc1cc(C)c(S(=O)(=O)c2ncn(C(=O)N(C)C)n2)c(C)c1. The van der Waals surface area contributed by atoms with E-state index in [1.165, 1.54) is 4.90 Å². The van der Waals surface area contributed by atoms with Crippen LogP contribution in [0, 0.1) is 20.8 Å². The standard InChI is InChI=1S/C14H18N4O3S/c1-9-6-10(2)12(11(3)7-9)22(20,21)13-15-8-18(16-13)14(19)17(4)5/h6-8H,1-5H3. The zero-order valence-corrected chi connectivity index (χ0v) is 14.0. The lowest BCUT2D eigenvalue weighted by atomic mass is 10.1.